The Morgan fingerprint density at radius 3 is 1.70 bits per heavy atom. The van der Waals surface area contributed by atoms with Gasteiger partial charge in [0.05, 0.1) is 0 Å². The summed E-state index contributed by atoms with van der Waals surface area (Å²) in [4.78, 5) is 0. The van der Waals surface area contributed by atoms with Crippen molar-refractivity contribution in [1.82, 2.24) is 0 Å². The molecule has 116 valence electrons. The molecule has 0 saturated carbocycles. The van der Waals surface area contributed by atoms with Crippen LogP contribution in [0.15, 0.2) is 0 Å². The Morgan fingerprint density at radius 1 is 0.900 bits per heavy atom. The summed E-state index contributed by atoms with van der Waals surface area (Å²) in [5.41, 5.74) is 0. The summed E-state index contributed by atoms with van der Waals surface area (Å²) in [5.74, 6) is -4.81. The van der Waals surface area contributed by atoms with Gasteiger partial charge in [-0.3, -0.25) is 0 Å². The fourth-order valence-electron chi connectivity index (χ4n) is 1.63. The van der Waals surface area contributed by atoms with Gasteiger partial charge in [-0.2, -0.15) is 17.6 Å². The first-order valence-corrected chi connectivity index (χ1v) is 7.68. The van der Waals surface area contributed by atoms with E-state index in [4.69, 9.17) is 0 Å². The van der Waals surface area contributed by atoms with Crippen LogP contribution in [0.4, 0.5) is 17.6 Å². The molecule has 0 aromatic heterocycles. The third-order valence-corrected chi connectivity index (χ3v) is 3.76. The number of halogens is 4. The molecule has 0 aliphatic rings. The zero-order valence-electron chi connectivity index (χ0n) is 11.8. The Morgan fingerprint density at radius 2 is 1.30 bits per heavy atom. The van der Waals surface area contributed by atoms with Crippen LogP contribution < -0.4 is 18.9 Å². The van der Waals surface area contributed by atoms with Crippen molar-refractivity contribution < 1.29 is 49.4 Å². The molecule has 0 aliphatic carbocycles. The van der Waals surface area contributed by atoms with Crippen molar-refractivity contribution >= 4 is 10.1 Å². The fourth-order valence-corrected chi connectivity index (χ4v) is 2.10. The SMILES string of the molecule is CCCCCCCCCC(F)(F)C(F)(F)S(=O)(=O)[O-].[Li+]. The second-order valence-electron chi connectivity index (χ2n) is 4.55. The van der Waals surface area contributed by atoms with E-state index in [2.05, 4.69) is 0 Å². The summed E-state index contributed by atoms with van der Waals surface area (Å²) in [7, 11) is -6.35. The van der Waals surface area contributed by atoms with E-state index in [1.165, 1.54) is 0 Å². The number of hydrogen-bond acceptors (Lipinski definition) is 3. The normalized spacial score (nSPS) is 13.1. The molecule has 0 aromatic carbocycles. The molecule has 0 rings (SSSR count). The molecular formula is C11H19F4LiO3S. The van der Waals surface area contributed by atoms with Crippen molar-refractivity contribution in [2.24, 2.45) is 0 Å². The van der Waals surface area contributed by atoms with Crippen molar-refractivity contribution in [2.75, 3.05) is 0 Å². The second-order valence-corrected chi connectivity index (χ2v) is 5.97. The van der Waals surface area contributed by atoms with Gasteiger partial charge in [0.2, 0.25) is 0 Å². The van der Waals surface area contributed by atoms with Crippen LogP contribution >= 0.6 is 0 Å². The van der Waals surface area contributed by atoms with Crippen LogP contribution in [0.5, 0.6) is 0 Å². The first-order chi connectivity index (χ1) is 8.56. The van der Waals surface area contributed by atoms with Crippen molar-refractivity contribution in [2.45, 2.75) is 69.5 Å². The maximum atomic E-state index is 13.0. The summed E-state index contributed by atoms with van der Waals surface area (Å²) in [6, 6.07) is 0. The first-order valence-electron chi connectivity index (χ1n) is 6.27. The van der Waals surface area contributed by atoms with E-state index in [1.807, 2.05) is 6.92 Å². The summed E-state index contributed by atoms with van der Waals surface area (Å²) in [5, 5.41) is -5.54. The molecular weight excluding hydrogens is 295 g/mol. The number of rotatable bonds is 10. The van der Waals surface area contributed by atoms with Gasteiger partial charge in [-0.1, -0.05) is 45.4 Å². The molecule has 0 N–H and O–H groups in total. The van der Waals surface area contributed by atoms with Crippen LogP contribution in [-0.2, 0) is 10.1 Å². The minimum Gasteiger partial charge on any atom is -0.743 e. The molecule has 0 unspecified atom stereocenters. The molecule has 3 nitrogen and oxygen atoms in total. The molecule has 0 aromatic rings. The maximum absolute atomic E-state index is 13.0. The van der Waals surface area contributed by atoms with E-state index in [0.29, 0.717) is 12.8 Å². The fraction of sp³-hybridized carbons (Fsp3) is 1.00. The Balaban J connectivity index is 0. The quantitative estimate of drug-likeness (QED) is 0.261. The van der Waals surface area contributed by atoms with E-state index >= 15 is 0 Å². The summed E-state index contributed by atoms with van der Waals surface area (Å²) in [6.45, 7) is 2.02. The van der Waals surface area contributed by atoms with Gasteiger partial charge in [-0.25, -0.2) is 8.42 Å². The van der Waals surface area contributed by atoms with Crippen LogP contribution in [0.2, 0.25) is 0 Å². The van der Waals surface area contributed by atoms with Crippen LogP contribution in [-0.4, -0.2) is 24.1 Å². The van der Waals surface area contributed by atoms with Crippen LogP contribution in [0, 0.1) is 0 Å². The van der Waals surface area contributed by atoms with E-state index in [0.717, 1.165) is 25.7 Å². The predicted molar refractivity (Wildman–Crippen MR) is 62.2 cm³/mol. The number of unbranched alkanes of at least 4 members (excludes halogenated alkanes) is 6. The summed E-state index contributed by atoms with van der Waals surface area (Å²) >= 11 is 0. The number of alkyl halides is 4. The molecule has 0 spiro atoms. The Hall–Kier alpha value is 0.227. The van der Waals surface area contributed by atoms with Gasteiger partial charge in [0, 0.05) is 6.42 Å². The molecule has 0 saturated heterocycles. The predicted octanol–water partition coefficient (Wildman–Crippen LogP) is 0.904. The van der Waals surface area contributed by atoms with Gasteiger partial charge in [-0.05, 0) is 6.42 Å². The minimum atomic E-state index is -6.35. The molecule has 0 amide bonds. The van der Waals surface area contributed by atoms with Crippen LogP contribution in [0.3, 0.4) is 0 Å². The zero-order chi connectivity index (χ0) is 15.2. The topological polar surface area (TPSA) is 57.2 Å². The zero-order valence-corrected chi connectivity index (χ0v) is 12.6. The Kier molecular flexibility index (Phi) is 10.5. The van der Waals surface area contributed by atoms with Gasteiger partial charge >= 0.3 is 30.0 Å². The van der Waals surface area contributed by atoms with Crippen LogP contribution in [0.25, 0.3) is 0 Å². The first kappa shape index (κ1) is 22.5. The number of hydrogen-bond donors (Lipinski definition) is 0. The van der Waals surface area contributed by atoms with Crippen molar-refractivity contribution in [3.63, 3.8) is 0 Å². The Bertz CT molecular complexity index is 361. The maximum Gasteiger partial charge on any atom is 1.00 e. The van der Waals surface area contributed by atoms with Gasteiger partial charge < -0.3 is 4.55 Å². The standard InChI is InChI=1S/C11H20F4O3S.Li/c1-2-3-4-5-6-7-8-9-10(12,13)11(14,15)19(16,17)18;/h2-9H2,1H3,(H,16,17,18);/q;+1/p-1. The van der Waals surface area contributed by atoms with E-state index in [-0.39, 0.29) is 25.3 Å². The molecule has 20 heavy (non-hydrogen) atoms. The van der Waals surface area contributed by atoms with Crippen molar-refractivity contribution in [1.29, 1.82) is 0 Å². The molecule has 9 heteroatoms. The molecule has 0 heterocycles. The summed E-state index contributed by atoms with van der Waals surface area (Å²) < 4.78 is 81.8. The van der Waals surface area contributed by atoms with Crippen LogP contribution in [0.1, 0.15) is 58.3 Å². The van der Waals surface area contributed by atoms with Crippen molar-refractivity contribution in [3.05, 3.63) is 0 Å². The second kappa shape index (κ2) is 9.29. The molecule has 0 atom stereocenters. The average molecular weight is 314 g/mol. The third kappa shape index (κ3) is 6.79. The van der Waals surface area contributed by atoms with Gasteiger partial charge in [-0.15, -0.1) is 0 Å². The van der Waals surface area contributed by atoms with E-state index in [9.17, 15) is 30.5 Å². The third-order valence-electron chi connectivity index (χ3n) is 2.83. The van der Waals surface area contributed by atoms with Gasteiger partial charge in [0.15, 0.2) is 10.1 Å². The van der Waals surface area contributed by atoms with Gasteiger partial charge in [0.25, 0.3) is 0 Å². The van der Waals surface area contributed by atoms with Gasteiger partial charge in [0.1, 0.15) is 0 Å². The molecule has 0 radical (unpaired) electrons. The molecule has 0 bridgehead atoms. The summed E-state index contributed by atoms with van der Waals surface area (Å²) in [6.07, 6.45) is 3.27. The molecule has 0 aliphatic heterocycles. The monoisotopic (exact) mass is 314 g/mol. The average Bonchev–Trinajstić information content (AvgIpc) is 2.26. The molecule has 0 fully saturated rings. The minimum absolute atomic E-state index is 0. The largest absolute Gasteiger partial charge is 1.00 e. The Labute approximate surface area is 129 Å². The van der Waals surface area contributed by atoms with E-state index < -0.39 is 27.7 Å². The van der Waals surface area contributed by atoms with E-state index in [1.54, 1.807) is 0 Å². The smallest absolute Gasteiger partial charge is 0.743 e. The van der Waals surface area contributed by atoms with Crippen molar-refractivity contribution in [3.8, 4) is 0 Å².